The molecule has 1 aromatic carbocycles. The summed E-state index contributed by atoms with van der Waals surface area (Å²) >= 11 is 0. The molecule has 8 heteroatoms. The van der Waals surface area contributed by atoms with E-state index in [2.05, 4.69) is 15.6 Å². The van der Waals surface area contributed by atoms with Crippen molar-refractivity contribution in [1.29, 1.82) is 0 Å². The lowest BCUT2D eigenvalue weighted by Gasteiger charge is -2.05. The summed E-state index contributed by atoms with van der Waals surface area (Å²) in [5.41, 5.74) is 9.24. The number of H-pyrrole nitrogens is 1. The molecular weight excluding hydrogens is 359 g/mol. The number of benzene rings is 1. The normalized spacial score (nSPS) is 10.5. The molecule has 0 aliphatic heterocycles. The van der Waals surface area contributed by atoms with Gasteiger partial charge in [0.25, 0.3) is 5.91 Å². The van der Waals surface area contributed by atoms with E-state index in [1.807, 2.05) is 13.8 Å². The highest BCUT2D eigenvalue weighted by Crippen LogP contribution is 2.23. The van der Waals surface area contributed by atoms with Gasteiger partial charge >= 0.3 is 0 Å². The molecule has 0 bridgehead atoms. The van der Waals surface area contributed by atoms with Gasteiger partial charge in [0.1, 0.15) is 5.82 Å². The van der Waals surface area contributed by atoms with Gasteiger partial charge in [-0.05, 0) is 43.7 Å². The lowest BCUT2D eigenvalue weighted by atomic mass is 10.1. The molecule has 2 rings (SSSR count). The summed E-state index contributed by atoms with van der Waals surface area (Å²) in [5, 5.41) is 5.27. The number of carbonyl (C=O) groups excluding carboxylic acids is 2. The van der Waals surface area contributed by atoms with Crippen LogP contribution in [0, 0.1) is 19.7 Å². The topological polar surface area (TPSA) is 100 Å². The summed E-state index contributed by atoms with van der Waals surface area (Å²) in [6.07, 6.45) is 3.95. The predicted molar refractivity (Wildman–Crippen MR) is 104 cm³/mol. The van der Waals surface area contributed by atoms with Gasteiger partial charge in [0, 0.05) is 35.7 Å². The first-order chi connectivity index (χ1) is 12.0. The van der Waals surface area contributed by atoms with Crippen LogP contribution in [0.25, 0.3) is 12.2 Å². The van der Waals surface area contributed by atoms with E-state index >= 15 is 0 Å². The molecule has 0 unspecified atom stereocenters. The maximum Gasteiger partial charge on any atom is 0.253 e. The molecule has 0 aliphatic rings. The SMILES string of the molecule is Cc1[nH]c(/C=C/c2cc(F)ccc2NC=O)c(C)c1C(=O)NCCN.Cl. The van der Waals surface area contributed by atoms with Crippen LogP contribution >= 0.6 is 12.4 Å². The van der Waals surface area contributed by atoms with Crippen molar-refractivity contribution in [3.05, 3.63) is 52.1 Å². The number of rotatable bonds is 7. The third-order valence-corrected chi connectivity index (χ3v) is 3.79. The van der Waals surface area contributed by atoms with Crippen LogP contribution in [-0.2, 0) is 4.79 Å². The Labute approximate surface area is 157 Å². The molecule has 1 heterocycles. The van der Waals surface area contributed by atoms with Crippen molar-refractivity contribution in [2.45, 2.75) is 13.8 Å². The Morgan fingerprint density at radius 1 is 1.31 bits per heavy atom. The smallest absolute Gasteiger partial charge is 0.253 e. The van der Waals surface area contributed by atoms with E-state index in [-0.39, 0.29) is 18.3 Å². The highest BCUT2D eigenvalue weighted by molar-refractivity contribution is 5.98. The summed E-state index contributed by atoms with van der Waals surface area (Å²) in [5.74, 6) is -0.595. The second kappa shape index (κ2) is 9.74. The van der Waals surface area contributed by atoms with Gasteiger partial charge in [-0.2, -0.15) is 0 Å². The molecule has 26 heavy (non-hydrogen) atoms. The zero-order valence-corrected chi connectivity index (χ0v) is 15.4. The molecule has 1 aromatic heterocycles. The Morgan fingerprint density at radius 2 is 2.04 bits per heavy atom. The average molecular weight is 381 g/mol. The van der Waals surface area contributed by atoms with Crippen molar-refractivity contribution < 1.29 is 14.0 Å². The van der Waals surface area contributed by atoms with Crippen LogP contribution in [0.5, 0.6) is 0 Å². The highest BCUT2D eigenvalue weighted by atomic mass is 35.5. The maximum atomic E-state index is 13.5. The molecule has 0 atom stereocenters. The number of hydrogen-bond acceptors (Lipinski definition) is 3. The Bertz CT molecular complexity index is 818. The molecule has 0 saturated heterocycles. The minimum atomic E-state index is -0.405. The molecule has 0 spiro atoms. The summed E-state index contributed by atoms with van der Waals surface area (Å²) in [6, 6.07) is 4.08. The van der Waals surface area contributed by atoms with E-state index in [0.29, 0.717) is 36.3 Å². The summed E-state index contributed by atoms with van der Waals surface area (Å²) in [6.45, 7) is 4.41. The molecule has 2 amide bonds. The number of aromatic nitrogens is 1. The second-order valence-corrected chi connectivity index (χ2v) is 5.54. The zero-order chi connectivity index (χ0) is 18.4. The van der Waals surface area contributed by atoms with Crippen LogP contribution in [0.1, 0.15) is 32.9 Å². The fraction of sp³-hybridized carbons (Fsp3) is 0.222. The van der Waals surface area contributed by atoms with Gasteiger partial charge in [0.15, 0.2) is 0 Å². The fourth-order valence-electron chi connectivity index (χ4n) is 2.60. The molecule has 6 nitrogen and oxygen atoms in total. The molecule has 5 N–H and O–H groups in total. The molecule has 0 radical (unpaired) electrons. The maximum absolute atomic E-state index is 13.5. The molecule has 2 aromatic rings. The van der Waals surface area contributed by atoms with Gasteiger partial charge in [-0.25, -0.2) is 4.39 Å². The van der Waals surface area contributed by atoms with Crippen LogP contribution < -0.4 is 16.4 Å². The van der Waals surface area contributed by atoms with E-state index < -0.39 is 5.82 Å². The number of carbonyl (C=O) groups is 2. The van der Waals surface area contributed by atoms with Gasteiger partial charge in [-0.3, -0.25) is 9.59 Å². The third-order valence-electron chi connectivity index (χ3n) is 3.79. The number of aryl methyl sites for hydroxylation is 1. The summed E-state index contributed by atoms with van der Waals surface area (Å²) in [4.78, 5) is 26.0. The number of aromatic amines is 1. The highest BCUT2D eigenvalue weighted by Gasteiger charge is 2.16. The zero-order valence-electron chi connectivity index (χ0n) is 14.6. The predicted octanol–water partition coefficient (Wildman–Crippen LogP) is 2.62. The molecule has 0 aliphatic carbocycles. The Morgan fingerprint density at radius 3 is 2.69 bits per heavy atom. The lowest BCUT2D eigenvalue weighted by Crippen LogP contribution is -2.29. The van der Waals surface area contributed by atoms with Crippen LogP contribution in [0.3, 0.4) is 0 Å². The number of hydrogen-bond donors (Lipinski definition) is 4. The largest absolute Gasteiger partial charge is 0.358 e. The molecule has 0 saturated carbocycles. The molecule has 0 fully saturated rings. The fourth-order valence-corrected chi connectivity index (χ4v) is 2.60. The van der Waals surface area contributed by atoms with Crippen molar-refractivity contribution >= 4 is 42.6 Å². The van der Waals surface area contributed by atoms with Crippen LogP contribution in [0.15, 0.2) is 18.2 Å². The van der Waals surface area contributed by atoms with Crippen LogP contribution in [0.2, 0.25) is 0 Å². The van der Waals surface area contributed by atoms with Crippen molar-refractivity contribution in [2.24, 2.45) is 5.73 Å². The van der Waals surface area contributed by atoms with E-state index in [0.717, 1.165) is 17.0 Å². The minimum absolute atomic E-state index is 0. The third kappa shape index (κ3) is 4.93. The number of nitrogens with one attached hydrogen (secondary N) is 3. The summed E-state index contributed by atoms with van der Waals surface area (Å²) in [7, 11) is 0. The van der Waals surface area contributed by atoms with Crippen molar-refractivity contribution in [1.82, 2.24) is 10.3 Å². The van der Waals surface area contributed by atoms with Gasteiger partial charge in [0.05, 0.1) is 5.56 Å². The Hall–Kier alpha value is -2.64. The van der Waals surface area contributed by atoms with Crippen molar-refractivity contribution in [3.8, 4) is 0 Å². The monoisotopic (exact) mass is 380 g/mol. The van der Waals surface area contributed by atoms with Crippen molar-refractivity contribution in [2.75, 3.05) is 18.4 Å². The van der Waals surface area contributed by atoms with E-state index in [1.165, 1.54) is 18.2 Å². The number of amides is 2. The van der Waals surface area contributed by atoms with Crippen molar-refractivity contribution in [3.63, 3.8) is 0 Å². The quantitative estimate of drug-likeness (QED) is 0.555. The minimum Gasteiger partial charge on any atom is -0.358 e. The first-order valence-electron chi connectivity index (χ1n) is 7.83. The Kier molecular flexibility index (Phi) is 8.02. The van der Waals surface area contributed by atoms with Crippen LogP contribution in [-0.4, -0.2) is 30.4 Å². The number of nitrogens with two attached hydrogens (primary N) is 1. The standard InChI is InChI=1S/C18H21FN4O2.ClH/c1-11-15(23-12(2)17(11)18(25)21-8-7-20)5-3-13-9-14(19)4-6-16(13)22-10-24;/h3-6,9-10,23H,7-8,20H2,1-2H3,(H,21,25)(H,22,24);1H/b5-3+;. The van der Waals surface area contributed by atoms with E-state index in [4.69, 9.17) is 5.73 Å². The number of halogens is 2. The summed E-state index contributed by atoms with van der Waals surface area (Å²) < 4.78 is 13.5. The van der Waals surface area contributed by atoms with Gasteiger partial charge < -0.3 is 21.4 Å². The van der Waals surface area contributed by atoms with Gasteiger partial charge in [-0.1, -0.05) is 6.08 Å². The average Bonchev–Trinajstić information content (AvgIpc) is 2.87. The van der Waals surface area contributed by atoms with Gasteiger partial charge in [-0.15, -0.1) is 12.4 Å². The first kappa shape index (κ1) is 21.4. The second-order valence-electron chi connectivity index (χ2n) is 5.54. The first-order valence-corrected chi connectivity index (χ1v) is 7.83. The Balaban J connectivity index is 0.00000338. The molecular formula is C18H22ClFN4O2. The van der Waals surface area contributed by atoms with E-state index in [9.17, 15) is 14.0 Å². The van der Waals surface area contributed by atoms with Gasteiger partial charge in [0.2, 0.25) is 6.41 Å². The van der Waals surface area contributed by atoms with E-state index in [1.54, 1.807) is 12.2 Å². The lowest BCUT2D eigenvalue weighted by molar-refractivity contribution is -0.105. The number of anilines is 1. The molecule has 140 valence electrons. The van der Waals surface area contributed by atoms with Crippen LogP contribution in [0.4, 0.5) is 10.1 Å².